The Morgan fingerprint density at radius 2 is 1.94 bits per heavy atom. The Balaban J connectivity index is 0.00000272. The molecule has 1 amide bonds. The van der Waals surface area contributed by atoms with Crippen LogP contribution in [-0.4, -0.2) is 36.3 Å². The Bertz CT molecular complexity index is 996. The Morgan fingerprint density at radius 1 is 1.23 bits per heavy atom. The number of nitrogens with one attached hydrogen (secondary N) is 1. The van der Waals surface area contributed by atoms with Gasteiger partial charge in [0.25, 0.3) is 0 Å². The molecule has 0 spiro atoms. The standard InChI is InChI=1S/C21H23BrCl2N4OS.HI/c1-13-19(21(29)26-28(2)10-4-3-5-11-28)25-27(16-7-6-14(23)12-15(16)24)20(13)17-8-9-18(22)30-17;/h6-9,12-13,20H,3-5,10-11H2,1-2H3;1H/t13-,20+;/m1./s1. The van der Waals surface area contributed by atoms with Crippen molar-refractivity contribution in [3.63, 3.8) is 0 Å². The number of thiophene rings is 1. The highest BCUT2D eigenvalue weighted by molar-refractivity contribution is 9.11. The number of benzene rings is 1. The Labute approximate surface area is 222 Å². The molecule has 168 valence electrons. The van der Waals surface area contributed by atoms with Gasteiger partial charge in [-0.25, -0.2) is 4.59 Å². The van der Waals surface area contributed by atoms with E-state index in [1.807, 2.05) is 17.1 Å². The van der Waals surface area contributed by atoms with Crippen molar-refractivity contribution in [2.24, 2.45) is 11.0 Å². The Morgan fingerprint density at radius 3 is 2.55 bits per heavy atom. The van der Waals surface area contributed by atoms with Crippen molar-refractivity contribution in [3.05, 3.63) is 49.0 Å². The molecule has 0 saturated carbocycles. The van der Waals surface area contributed by atoms with Gasteiger partial charge in [0.05, 0.1) is 27.6 Å². The van der Waals surface area contributed by atoms with Crippen LogP contribution in [0.5, 0.6) is 0 Å². The number of anilines is 1. The van der Waals surface area contributed by atoms with Crippen molar-refractivity contribution < 1.29 is 33.4 Å². The predicted molar refractivity (Wildman–Crippen MR) is 128 cm³/mol. The SMILES string of the molecule is C[C@@H]1C(C(=O)N[N+]2(C)CCCCC2)=NN(c2ccc(Cl)cc2Cl)[C@@H]1c1ccc(Br)s1.[I-]. The van der Waals surface area contributed by atoms with Crippen molar-refractivity contribution >= 4 is 67.8 Å². The average molecular weight is 658 g/mol. The molecule has 1 aromatic heterocycles. The molecular weight excluding hydrogens is 634 g/mol. The first-order chi connectivity index (χ1) is 14.3. The monoisotopic (exact) mass is 656 g/mol. The van der Waals surface area contributed by atoms with Gasteiger partial charge in [0, 0.05) is 15.8 Å². The summed E-state index contributed by atoms with van der Waals surface area (Å²) in [6, 6.07) is 9.33. The smallest absolute Gasteiger partial charge is 0.312 e. The summed E-state index contributed by atoms with van der Waals surface area (Å²) in [5.74, 6) is -0.209. The number of nitrogens with zero attached hydrogens (tertiary/aromatic N) is 3. The van der Waals surface area contributed by atoms with Crippen LogP contribution in [0, 0.1) is 5.92 Å². The van der Waals surface area contributed by atoms with Crippen molar-refractivity contribution in [1.29, 1.82) is 0 Å². The van der Waals surface area contributed by atoms with Gasteiger partial charge in [0.15, 0.2) is 0 Å². The molecule has 2 aliphatic rings. The average Bonchev–Trinajstić information content (AvgIpc) is 3.25. The minimum atomic E-state index is -0.118. The first-order valence-corrected chi connectivity index (χ1v) is 12.4. The van der Waals surface area contributed by atoms with Crippen molar-refractivity contribution in [1.82, 2.24) is 5.43 Å². The number of likely N-dealkylation sites (tertiary alicyclic amines) is 1. The van der Waals surface area contributed by atoms with E-state index in [2.05, 4.69) is 41.4 Å². The van der Waals surface area contributed by atoms with Crippen molar-refractivity contribution in [3.8, 4) is 0 Å². The molecule has 10 heteroatoms. The zero-order valence-corrected chi connectivity index (χ0v) is 23.3. The number of hydrogen-bond donors (Lipinski definition) is 1. The molecule has 1 N–H and O–H groups in total. The summed E-state index contributed by atoms with van der Waals surface area (Å²) in [6.45, 7) is 3.94. The summed E-state index contributed by atoms with van der Waals surface area (Å²) in [6.07, 6.45) is 3.47. The quantitative estimate of drug-likeness (QED) is 0.406. The number of carbonyl (C=O) groups excluding carboxylic acids is 1. The number of hydrogen-bond acceptors (Lipinski definition) is 4. The van der Waals surface area contributed by atoms with Crippen LogP contribution >= 0.6 is 50.5 Å². The number of hydrazone groups is 1. The van der Waals surface area contributed by atoms with E-state index >= 15 is 0 Å². The number of piperidine rings is 1. The molecule has 3 heterocycles. The Hall–Kier alpha value is -0.390. The van der Waals surface area contributed by atoms with Gasteiger partial charge in [0.1, 0.15) is 18.8 Å². The molecule has 1 aromatic carbocycles. The van der Waals surface area contributed by atoms with Crippen molar-refractivity contribution in [2.75, 3.05) is 25.1 Å². The van der Waals surface area contributed by atoms with Crippen LogP contribution in [-0.2, 0) is 4.79 Å². The lowest BCUT2D eigenvalue weighted by Crippen LogP contribution is -3.00. The van der Waals surface area contributed by atoms with Gasteiger partial charge in [0.2, 0.25) is 0 Å². The van der Waals surface area contributed by atoms with Crippen LogP contribution in [0.2, 0.25) is 10.0 Å². The van der Waals surface area contributed by atoms with Crippen LogP contribution in [0.1, 0.15) is 37.1 Å². The molecular formula is C21H24BrCl2IN4OS. The largest absolute Gasteiger partial charge is 1.00 e. The van der Waals surface area contributed by atoms with Crippen LogP contribution in [0.4, 0.5) is 5.69 Å². The molecule has 31 heavy (non-hydrogen) atoms. The predicted octanol–water partition coefficient (Wildman–Crippen LogP) is 3.04. The van der Waals surface area contributed by atoms with Crippen LogP contribution in [0.3, 0.4) is 0 Å². The number of quaternary nitrogens is 1. The first kappa shape index (κ1) is 25.2. The molecule has 0 bridgehead atoms. The van der Waals surface area contributed by atoms with Gasteiger partial charge in [-0.2, -0.15) is 10.5 Å². The molecule has 5 nitrogen and oxygen atoms in total. The minimum absolute atomic E-state index is 0. The topological polar surface area (TPSA) is 44.7 Å². The maximum absolute atomic E-state index is 13.3. The zero-order chi connectivity index (χ0) is 21.5. The summed E-state index contributed by atoms with van der Waals surface area (Å²) >= 11 is 17.8. The van der Waals surface area contributed by atoms with E-state index in [1.165, 1.54) is 6.42 Å². The second-order valence-electron chi connectivity index (χ2n) is 8.15. The first-order valence-electron chi connectivity index (χ1n) is 10.0. The van der Waals surface area contributed by atoms with E-state index < -0.39 is 0 Å². The third-order valence-electron chi connectivity index (χ3n) is 5.83. The number of carbonyl (C=O) groups is 1. The van der Waals surface area contributed by atoms with E-state index in [0.29, 0.717) is 20.3 Å². The highest BCUT2D eigenvalue weighted by Gasteiger charge is 2.42. The fourth-order valence-corrected chi connectivity index (χ4v) is 6.34. The fourth-order valence-electron chi connectivity index (χ4n) is 4.23. The third-order valence-corrected chi connectivity index (χ3v) is 8.07. The number of halogens is 4. The molecule has 1 saturated heterocycles. The lowest BCUT2D eigenvalue weighted by molar-refractivity contribution is -0.947. The highest BCUT2D eigenvalue weighted by Crippen LogP contribution is 2.44. The highest BCUT2D eigenvalue weighted by atomic mass is 127. The van der Waals surface area contributed by atoms with E-state index in [-0.39, 0.29) is 41.8 Å². The second kappa shape index (κ2) is 10.3. The maximum atomic E-state index is 13.3. The van der Waals surface area contributed by atoms with Gasteiger partial charge in [-0.3, -0.25) is 9.80 Å². The third kappa shape index (κ3) is 5.41. The van der Waals surface area contributed by atoms with Gasteiger partial charge in [-0.15, -0.1) is 11.3 Å². The summed E-state index contributed by atoms with van der Waals surface area (Å²) < 4.78 is 1.60. The van der Waals surface area contributed by atoms with E-state index in [0.717, 1.165) is 40.3 Å². The van der Waals surface area contributed by atoms with Crippen LogP contribution < -0.4 is 34.4 Å². The Kier molecular flexibility index (Phi) is 8.35. The lowest BCUT2D eigenvalue weighted by Gasteiger charge is -2.36. The summed E-state index contributed by atoms with van der Waals surface area (Å²) in [4.78, 5) is 14.4. The van der Waals surface area contributed by atoms with Crippen LogP contribution in [0.15, 0.2) is 39.2 Å². The summed E-state index contributed by atoms with van der Waals surface area (Å²) in [5, 5.41) is 7.73. The van der Waals surface area contributed by atoms with E-state index in [1.54, 1.807) is 23.5 Å². The molecule has 0 unspecified atom stereocenters. The second-order valence-corrected chi connectivity index (χ2v) is 11.5. The molecule has 1 fully saturated rings. The van der Waals surface area contributed by atoms with Gasteiger partial charge in [-0.05, 0) is 65.5 Å². The summed E-state index contributed by atoms with van der Waals surface area (Å²) in [5.41, 5.74) is 4.49. The molecule has 2 aliphatic heterocycles. The van der Waals surface area contributed by atoms with Crippen LogP contribution in [0.25, 0.3) is 0 Å². The zero-order valence-electron chi connectivity index (χ0n) is 17.2. The van der Waals surface area contributed by atoms with E-state index in [9.17, 15) is 4.79 Å². The van der Waals surface area contributed by atoms with Crippen molar-refractivity contribution in [2.45, 2.75) is 32.2 Å². The van der Waals surface area contributed by atoms with Gasteiger partial charge in [-0.1, -0.05) is 30.1 Å². The minimum Gasteiger partial charge on any atom is -1.00 e. The molecule has 0 aliphatic carbocycles. The number of amides is 1. The molecule has 2 atom stereocenters. The maximum Gasteiger partial charge on any atom is 0.312 e. The normalized spacial score (nSPS) is 22.6. The lowest BCUT2D eigenvalue weighted by atomic mass is 9.95. The van der Waals surface area contributed by atoms with E-state index in [4.69, 9.17) is 28.3 Å². The summed E-state index contributed by atoms with van der Waals surface area (Å²) in [7, 11) is 2.08. The molecule has 0 radical (unpaired) electrons. The number of rotatable bonds is 4. The fraction of sp³-hybridized carbons (Fsp3) is 0.429. The van der Waals surface area contributed by atoms with Gasteiger partial charge < -0.3 is 24.0 Å². The van der Waals surface area contributed by atoms with Gasteiger partial charge >= 0.3 is 5.91 Å². The molecule has 4 rings (SSSR count). The molecule has 2 aromatic rings.